The molecule has 2 rings (SSSR count). The van der Waals surface area contributed by atoms with Crippen LogP contribution in [0.2, 0.25) is 0 Å². The van der Waals surface area contributed by atoms with Crippen LogP contribution in [0.4, 0.5) is 6.01 Å². The fraction of sp³-hybridized carbons (Fsp3) is 0.833. The van der Waals surface area contributed by atoms with Crippen LogP contribution < -0.4 is 10.2 Å². The molecule has 1 N–H and O–H groups in total. The molecule has 102 valence electrons. The molecule has 6 nitrogen and oxygen atoms in total. The van der Waals surface area contributed by atoms with Gasteiger partial charge in [-0.25, -0.2) is 0 Å². The average Bonchev–Trinajstić information content (AvgIpc) is 2.73. The molecule has 0 aromatic carbocycles. The molecular formula is C12H23N5O. The summed E-state index contributed by atoms with van der Waals surface area (Å²) in [6, 6.07) is 1.07. The van der Waals surface area contributed by atoms with E-state index >= 15 is 0 Å². The van der Waals surface area contributed by atoms with E-state index in [1.165, 1.54) is 0 Å². The van der Waals surface area contributed by atoms with Crippen molar-refractivity contribution in [3.8, 4) is 0 Å². The van der Waals surface area contributed by atoms with E-state index in [1.54, 1.807) is 0 Å². The van der Waals surface area contributed by atoms with Crippen LogP contribution in [0.25, 0.3) is 0 Å². The molecule has 1 aromatic heterocycles. The quantitative estimate of drug-likeness (QED) is 0.853. The Morgan fingerprint density at radius 3 is 3.00 bits per heavy atom. The van der Waals surface area contributed by atoms with Crippen LogP contribution in [-0.4, -0.2) is 54.4 Å². The normalized spacial score (nSPS) is 22.2. The maximum Gasteiger partial charge on any atom is 0.318 e. The molecule has 6 heteroatoms. The second-order valence-electron chi connectivity index (χ2n) is 4.92. The lowest BCUT2D eigenvalue weighted by atomic mass is 10.3. The molecule has 0 aliphatic carbocycles. The molecule has 0 radical (unpaired) electrons. The molecule has 2 heterocycles. The lowest BCUT2D eigenvalue weighted by Gasteiger charge is -2.25. The molecule has 1 aromatic rings. The van der Waals surface area contributed by atoms with E-state index in [2.05, 4.69) is 46.2 Å². The Bertz CT molecular complexity index is 367. The SMILES string of the molecule is CCNCc1nnc(N2CCCN(C)CC2C)o1. The second-order valence-corrected chi connectivity index (χ2v) is 4.92. The maximum atomic E-state index is 5.71. The lowest BCUT2D eigenvalue weighted by Crippen LogP contribution is -2.38. The number of nitrogens with one attached hydrogen (secondary N) is 1. The van der Waals surface area contributed by atoms with Gasteiger partial charge in [0, 0.05) is 19.1 Å². The summed E-state index contributed by atoms with van der Waals surface area (Å²) in [5, 5.41) is 11.4. The third kappa shape index (κ3) is 3.20. The van der Waals surface area contributed by atoms with Gasteiger partial charge >= 0.3 is 6.01 Å². The van der Waals surface area contributed by atoms with Crippen LogP contribution in [0.5, 0.6) is 0 Å². The molecule has 0 bridgehead atoms. The first kappa shape index (κ1) is 13.3. The van der Waals surface area contributed by atoms with Gasteiger partial charge in [-0.2, -0.15) is 0 Å². The van der Waals surface area contributed by atoms with Crippen molar-refractivity contribution in [2.45, 2.75) is 32.9 Å². The number of anilines is 1. The largest absolute Gasteiger partial charge is 0.407 e. The number of aromatic nitrogens is 2. The van der Waals surface area contributed by atoms with Crippen LogP contribution in [0.15, 0.2) is 4.42 Å². The Kier molecular flexibility index (Phi) is 4.54. The fourth-order valence-corrected chi connectivity index (χ4v) is 2.32. The van der Waals surface area contributed by atoms with E-state index in [0.29, 0.717) is 24.5 Å². The summed E-state index contributed by atoms with van der Waals surface area (Å²) < 4.78 is 5.71. The van der Waals surface area contributed by atoms with Crippen LogP contribution in [-0.2, 0) is 6.54 Å². The van der Waals surface area contributed by atoms with Gasteiger partial charge < -0.3 is 19.5 Å². The minimum absolute atomic E-state index is 0.407. The Morgan fingerprint density at radius 2 is 2.22 bits per heavy atom. The molecule has 1 saturated heterocycles. The standard InChI is InChI=1S/C12H23N5O/c1-4-13-8-11-14-15-12(18-11)17-7-5-6-16(3)9-10(17)2/h10,13H,4-9H2,1-3H3. The molecule has 18 heavy (non-hydrogen) atoms. The number of nitrogens with zero attached hydrogens (tertiary/aromatic N) is 4. The van der Waals surface area contributed by atoms with Crippen molar-refractivity contribution in [3.63, 3.8) is 0 Å². The van der Waals surface area contributed by atoms with E-state index in [4.69, 9.17) is 4.42 Å². The van der Waals surface area contributed by atoms with Crippen LogP contribution in [0.1, 0.15) is 26.2 Å². The van der Waals surface area contributed by atoms with Gasteiger partial charge in [0.15, 0.2) is 0 Å². The van der Waals surface area contributed by atoms with E-state index < -0.39 is 0 Å². The molecule has 1 aliphatic heterocycles. The van der Waals surface area contributed by atoms with Crippen molar-refractivity contribution >= 4 is 6.01 Å². The maximum absolute atomic E-state index is 5.71. The van der Waals surface area contributed by atoms with Crippen LogP contribution in [0, 0.1) is 0 Å². The molecule has 0 saturated carbocycles. The van der Waals surface area contributed by atoms with Gasteiger partial charge in [0.05, 0.1) is 6.54 Å². The smallest absolute Gasteiger partial charge is 0.318 e. The van der Waals surface area contributed by atoms with Gasteiger partial charge in [-0.1, -0.05) is 12.0 Å². The van der Waals surface area contributed by atoms with Crippen molar-refractivity contribution in [1.82, 2.24) is 20.4 Å². The average molecular weight is 253 g/mol. The van der Waals surface area contributed by atoms with Crippen molar-refractivity contribution in [2.24, 2.45) is 0 Å². The summed E-state index contributed by atoms with van der Waals surface area (Å²) in [6.45, 7) is 8.95. The Hall–Kier alpha value is -1.14. The summed E-state index contributed by atoms with van der Waals surface area (Å²) in [6.07, 6.45) is 1.13. The van der Waals surface area contributed by atoms with Crippen LogP contribution >= 0.6 is 0 Å². The summed E-state index contributed by atoms with van der Waals surface area (Å²) >= 11 is 0. The van der Waals surface area contributed by atoms with E-state index in [9.17, 15) is 0 Å². The minimum Gasteiger partial charge on any atom is -0.407 e. The van der Waals surface area contributed by atoms with Crippen molar-refractivity contribution in [2.75, 3.05) is 38.1 Å². The molecule has 0 amide bonds. The number of hydrogen-bond donors (Lipinski definition) is 1. The molecular weight excluding hydrogens is 230 g/mol. The first-order valence-corrected chi connectivity index (χ1v) is 6.69. The molecule has 1 unspecified atom stereocenters. The Balaban J connectivity index is 2.02. The summed E-state index contributed by atoms with van der Waals surface area (Å²) in [5.74, 6) is 0.664. The zero-order valence-corrected chi connectivity index (χ0v) is 11.5. The second kappa shape index (κ2) is 6.15. The number of hydrogen-bond acceptors (Lipinski definition) is 6. The first-order chi connectivity index (χ1) is 8.70. The molecule has 0 spiro atoms. The molecule has 1 fully saturated rings. The third-order valence-electron chi connectivity index (χ3n) is 3.27. The topological polar surface area (TPSA) is 57.4 Å². The summed E-state index contributed by atoms with van der Waals surface area (Å²) in [7, 11) is 2.16. The Morgan fingerprint density at radius 1 is 1.39 bits per heavy atom. The van der Waals surface area contributed by atoms with Gasteiger partial charge in [-0.3, -0.25) is 0 Å². The summed E-state index contributed by atoms with van der Waals surface area (Å²) in [5.41, 5.74) is 0. The van der Waals surface area contributed by atoms with E-state index in [0.717, 1.165) is 32.6 Å². The van der Waals surface area contributed by atoms with Crippen molar-refractivity contribution < 1.29 is 4.42 Å². The van der Waals surface area contributed by atoms with Gasteiger partial charge in [-0.05, 0) is 33.5 Å². The highest BCUT2D eigenvalue weighted by Gasteiger charge is 2.23. The number of rotatable bonds is 4. The van der Waals surface area contributed by atoms with E-state index in [1.807, 2.05) is 0 Å². The number of likely N-dealkylation sites (N-methyl/N-ethyl adjacent to an activating group) is 1. The molecule has 1 atom stereocenters. The Labute approximate surface area is 108 Å². The summed E-state index contributed by atoms with van der Waals surface area (Å²) in [4.78, 5) is 4.56. The fourth-order valence-electron chi connectivity index (χ4n) is 2.32. The van der Waals surface area contributed by atoms with Gasteiger partial charge in [0.1, 0.15) is 0 Å². The minimum atomic E-state index is 0.407. The highest BCUT2D eigenvalue weighted by molar-refractivity contribution is 5.26. The highest BCUT2D eigenvalue weighted by Crippen LogP contribution is 2.18. The van der Waals surface area contributed by atoms with Gasteiger partial charge in [0.25, 0.3) is 0 Å². The predicted octanol–water partition coefficient (Wildman–Crippen LogP) is 0.710. The van der Waals surface area contributed by atoms with E-state index in [-0.39, 0.29) is 0 Å². The van der Waals surface area contributed by atoms with Gasteiger partial charge in [-0.15, -0.1) is 5.10 Å². The zero-order valence-electron chi connectivity index (χ0n) is 11.5. The van der Waals surface area contributed by atoms with Crippen molar-refractivity contribution in [3.05, 3.63) is 5.89 Å². The monoisotopic (exact) mass is 253 g/mol. The zero-order chi connectivity index (χ0) is 13.0. The molecule has 1 aliphatic rings. The van der Waals surface area contributed by atoms with Crippen molar-refractivity contribution in [1.29, 1.82) is 0 Å². The predicted molar refractivity (Wildman–Crippen MR) is 70.6 cm³/mol. The highest BCUT2D eigenvalue weighted by atomic mass is 16.4. The van der Waals surface area contributed by atoms with Gasteiger partial charge in [0.2, 0.25) is 5.89 Å². The lowest BCUT2D eigenvalue weighted by molar-refractivity contribution is 0.334. The van der Waals surface area contributed by atoms with Crippen LogP contribution in [0.3, 0.4) is 0 Å². The first-order valence-electron chi connectivity index (χ1n) is 6.69. The third-order valence-corrected chi connectivity index (χ3v) is 3.27.